The molecule has 1 aliphatic rings. The van der Waals surface area contributed by atoms with Crippen molar-refractivity contribution in [2.75, 3.05) is 0 Å². The monoisotopic (exact) mass is 759 g/mol. The summed E-state index contributed by atoms with van der Waals surface area (Å²) in [4.78, 5) is 0. The van der Waals surface area contributed by atoms with Crippen LogP contribution < -0.4 is 16.0 Å². The maximum Gasteiger partial charge on any atom is 0.373 e. The van der Waals surface area contributed by atoms with Gasteiger partial charge in [0.05, 0.1) is 22.1 Å². The molecule has 0 radical (unpaired) electrons. The van der Waals surface area contributed by atoms with Gasteiger partial charge in [-0.25, -0.2) is 5.41 Å². The highest BCUT2D eigenvalue weighted by Crippen LogP contribution is 2.35. The molecule has 5 nitrogen and oxygen atoms in total. The molecule has 2 aromatic heterocycles. The average molecular weight is 760 g/mol. The van der Waals surface area contributed by atoms with Crippen molar-refractivity contribution in [2.24, 2.45) is 0 Å². The van der Waals surface area contributed by atoms with Gasteiger partial charge in [-0.1, -0.05) is 121 Å². The molecule has 0 saturated heterocycles. The van der Waals surface area contributed by atoms with E-state index in [1.807, 2.05) is 36.4 Å². The molecule has 0 saturated carbocycles. The molecule has 0 bridgehead atoms. The van der Waals surface area contributed by atoms with E-state index in [0.29, 0.717) is 5.56 Å². The van der Waals surface area contributed by atoms with Crippen molar-refractivity contribution >= 4 is 67.4 Å². The summed E-state index contributed by atoms with van der Waals surface area (Å²) < 4.78 is 10.6. The van der Waals surface area contributed by atoms with Gasteiger partial charge in [0, 0.05) is 49.6 Å². The van der Waals surface area contributed by atoms with Gasteiger partial charge in [0.1, 0.15) is 0 Å². The molecule has 0 aliphatic heterocycles. The largest absolute Gasteiger partial charge is 0.386 e. The Kier molecular flexibility index (Phi) is 8.19. The SMILES string of the molecule is N=C(OC(=[NH2+])c1ccc(-c2ccc3ccccc3c2)cc1)c1ccc(-n2c3c(c4ccccc42)=CC(c2ccc4c(c2)c2ccccc2n4-c2ccccc2)CC=3)cc1. The Balaban J connectivity index is 0.866. The fraction of sp³-hybridized carbons (Fsp3) is 0.0370. The highest BCUT2D eigenvalue weighted by Gasteiger charge is 2.20. The lowest BCUT2D eigenvalue weighted by Crippen LogP contribution is -2.43. The van der Waals surface area contributed by atoms with Crippen molar-refractivity contribution in [1.82, 2.24) is 9.13 Å². The molecule has 59 heavy (non-hydrogen) atoms. The molecule has 0 fully saturated rings. The summed E-state index contributed by atoms with van der Waals surface area (Å²) in [6.45, 7) is 0. The van der Waals surface area contributed by atoms with Crippen LogP contribution in [-0.4, -0.2) is 20.9 Å². The van der Waals surface area contributed by atoms with Crippen LogP contribution in [0.1, 0.15) is 29.0 Å². The van der Waals surface area contributed by atoms with Crippen LogP contribution in [-0.2, 0) is 4.74 Å². The summed E-state index contributed by atoms with van der Waals surface area (Å²) in [6.07, 6.45) is 5.73. The Morgan fingerprint density at radius 2 is 1.15 bits per heavy atom. The number of ether oxygens (including phenoxy) is 1. The minimum absolute atomic E-state index is 0.00125. The van der Waals surface area contributed by atoms with Crippen LogP contribution in [0.15, 0.2) is 188 Å². The molecular weight excluding hydrogens is 721 g/mol. The van der Waals surface area contributed by atoms with Gasteiger partial charge in [0.15, 0.2) is 0 Å². The molecule has 5 heteroatoms. The molecule has 0 spiro atoms. The fourth-order valence-corrected chi connectivity index (χ4v) is 8.94. The van der Waals surface area contributed by atoms with E-state index in [0.717, 1.165) is 34.3 Å². The molecule has 2 heterocycles. The molecule has 3 N–H and O–H groups in total. The van der Waals surface area contributed by atoms with Crippen molar-refractivity contribution < 1.29 is 10.1 Å². The predicted molar refractivity (Wildman–Crippen MR) is 243 cm³/mol. The minimum Gasteiger partial charge on any atom is -0.386 e. The zero-order valence-corrected chi connectivity index (χ0v) is 32.2. The Morgan fingerprint density at radius 3 is 1.95 bits per heavy atom. The Morgan fingerprint density at radius 1 is 0.525 bits per heavy atom. The van der Waals surface area contributed by atoms with Crippen LogP contribution >= 0.6 is 0 Å². The number of rotatable bonds is 6. The number of nitrogens with zero attached hydrogens (tertiary/aromatic N) is 2. The normalized spacial score (nSPS) is 13.6. The lowest BCUT2D eigenvalue weighted by atomic mass is 9.90. The maximum atomic E-state index is 8.79. The Bertz CT molecular complexity index is 3410. The van der Waals surface area contributed by atoms with Crippen LogP contribution in [0.4, 0.5) is 0 Å². The molecule has 1 aliphatic carbocycles. The summed E-state index contributed by atoms with van der Waals surface area (Å²) in [5.74, 6) is 0.427. The van der Waals surface area contributed by atoms with Crippen LogP contribution in [0.25, 0.3) is 78.1 Å². The Labute approximate surface area is 341 Å². The van der Waals surface area contributed by atoms with Crippen molar-refractivity contribution in [3.05, 3.63) is 215 Å². The molecule has 1 atom stereocenters. The molecule has 8 aromatic carbocycles. The van der Waals surface area contributed by atoms with E-state index in [-0.39, 0.29) is 17.7 Å². The third-order valence-corrected chi connectivity index (χ3v) is 11.9. The second-order valence-electron chi connectivity index (χ2n) is 15.3. The third kappa shape index (κ3) is 5.94. The first-order valence-electron chi connectivity index (χ1n) is 20.1. The van der Waals surface area contributed by atoms with E-state index in [1.165, 1.54) is 59.8 Å². The smallest absolute Gasteiger partial charge is 0.373 e. The molecule has 280 valence electrons. The molecular formula is C54H39N4O+. The lowest BCUT2D eigenvalue weighted by Gasteiger charge is -2.15. The van der Waals surface area contributed by atoms with E-state index in [1.54, 1.807) is 0 Å². The number of benzene rings is 8. The summed E-state index contributed by atoms with van der Waals surface area (Å²) in [6, 6.07) is 65.7. The first-order valence-corrected chi connectivity index (χ1v) is 20.1. The molecule has 10 aromatic rings. The Hall–Kier alpha value is -7.76. The van der Waals surface area contributed by atoms with E-state index in [4.69, 9.17) is 15.6 Å². The summed E-state index contributed by atoms with van der Waals surface area (Å²) >= 11 is 0. The van der Waals surface area contributed by atoms with E-state index in [9.17, 15) is 0 Å². The first-order chi connectivity index (χ1) is 29.1. The van der Waals surface area contributed by atoms with E-state index in [2.05, 4.69) is 173 Å². The highest BCUT2D eigenvalue weighted by atomic mass is 16.5. The summed E-state index contributed by atoms with van der Waals surface area (Å²) in [5, 5.41) is 23.8. The number of para-hydroxylation sites is 3. The van der Waals surface area contributed by atoms with Gasteiger partial charge in [-0.2, -0.15) is 0 Å². The highest BCUT2D eigenvalue weighted by molar-refractivity contribution is 6.09. The van der Waals surface area contributed by atoms with Gasteiger partial charge < -0.3 is 13.9 Å². The summed E-state index contributed by atoms with van der Waals surface area (Å²) in [5.41, 5.74) is 10.7. The van der Waals surface area contributed by atoms with Crippen molar-refractivity contribution in [2.45, 2.75) is 12.3 Å². The zero-order chi connectivity index (χ0) is 39.5. The maximum absolute atomic E-state index is 8.79. The number of nitrogens with two attached hydrogens (primary N) is 1. The van der Waals surface area contributed by atoms with E-state index < -0.39 is 0 Å². The first kappa shape index (κ1) is 34.5. The van der Waals surface area contributed by atoms with Crippen molar-refractivity contribution in [3.8, 4) is 22.5 Å². The van der Waals surface area contributed by atoms with Crippen molar-refractivity contribution in [1.29, 1.82) is 5.41 Å². The number of hydrogen-bond acceptors (Lipinski definition) is 2. The van der Waals surface area contributed by atoms with Gasteiger partial charge in [-0.05, 0) is 113 Å². The van der Waals surface area contributed by atoms with Gasteiger partial charge in [0.25, 0.3) is 0 Å². The average Bonchev–Trinajstić information content (AvgIpc) is 3.81. The number of aromatic nitrogens is 2. The van der Waals surface area contributed by atoms with Crippen LogP contribution in [0.3, 0.4) is 0 Å². The second kappa shape index (κ2) is 14.0. The van der Waals surface area contributed by atoms with Gasteiger partial charge in [0.2, 0.25) is 5.90 Å². The van der Waals surface area contributed by atoms with E-state index >= 15 is 0 Å². The summed E-state index contributed by atoms with van der Waals surface area (Å²) in [7, 11) is 0. The van der Waals surface area contributed by atoms with Crippen molar-refractivity contribution in [3.63, 3.8) is 0 Å². The van der Waals surface area contributed by atoms with Crippen LogP contribution in [0.5, 0.6) is 0 Å². The van der Waals surface area contributed by atoms with Crippen LogP contribution in [0.2, 0.25) is 0 Å². The number of nitrogens with one attached hydrogen (secondary N) is 1. The van der Waals surface area contributed by atoms with Gasteiger partial charge in [-0.3, -0.25) is 5.41 Å². The second-order valence-corrected chi connectivity index (χ2v) is 15.3. The topological polar surface area (TPSA) is 68.5 Å². The standard InChI is InChI=1S/C54H38N4O/c55-53(37-21-18-36(19-22-37)40-23-20-35-10-4-5-11-39(35)32-40)59-54(56)38-24-28-44(29-25-38)58-50-17-9-7-15-46(50)48-34-42(27-31-52(48)58)41-26-30-51-47(33-41)45-14-6-8-16-49(45)57(51)43-12-2-1-3-13-43/h1-26,28-34,42,55-56H,27H2/p+1. The van der Waals surface area contributed by atoms with Crippen LogP contribution in [0, 0.1) is 5.41 Å². The number of hydrogen-bond donors (Lipinski definition) is 2. The lowest BCUT2D eigenvalue weighted by molar-refractivity contribution is -0.130. The molecule has 1 unspecified atom stereocenters. The molecule has 11 rings (SSSR count). The number of fused-ring (bicyclic) bond motifs is 7. The quantitative estimate of drug-likeness (QED) is 0.129. The minimum atomic E-state index is -0.00125. The predicted octanol–water partition coefficient (Wildman–Crippen LogP) is 9.84. The third-order valence-electron chi connectivity index (χ3n) is 11.9. The zero-order valence-electron chi connectivity index (χ0n) is 32.2. The fourth-order valence-electron chi connectivity index (χ4n) is 8.94. The molecule has 0 amide bonds. The van der Waals surface area contributed by atoms with Gasteiger partial charge in [-0.15, -0.1) is 0 Å². The van der Waals surface area contributed by atoms with Gasteiger partial charge >= 0.3 is 5.90 Å².